The summed E-state index contributed by atoms with van der Waals surface area (Å²) in [5.41, 5.74) is -0.847. The van der Waals surface area contributed by atoms with Gasteiger partial charge in [-0.2, -0.15) is 0 Å². The molecular weight excluding hydrogens is 257 g/mol. The van der Waals surface area contributed by atoms with E-state index in [-0.39, 0.29) is 18.7 Å². The van der Waals surface area contributed by atoms with Crippen LogP contribution in [-0.2, 0) is 0 Å². The third-order valence-corrected chi connectivity index (χ3v) is 3.37. The lowest BCUT2D eigenvalue weighted by molar-refractivity contribution is -0.0861. The molecule has 1 amide bonds. The molecule has 18 heavy (non-hydrogen) atoms. The van der Waals surface area contributed by atoms with Gasteiger partial charge in [-0.05, 0) is 24.6 Å². The minimum absolute atomic E-state index is 0.0407. The van der Waals surface area contributed by atoms with Crippen molar-refractivity contribution < 1.29 is 14.3 Å². The van der Waals surface area contributed by atoms with E-state index < -0.39 is 17.3 Å². The molecule has 1 aliphatic rings. The van der Waals surface area contributed by atoms with E-state index >= 15 is 0 Å². The zero-order chi connectivity index (χ0) is 13.3. The molecule has 0 spiro atoms. The largest absolute Gasteiger partial charge is 0.386 e. The standard InChI is InChI=1S/C13H15ClFNO2/c1-2-5-13(18)7-16(8-13)12(17)10-6-9(14)3-4-11(10)15/h3-4,6,18H,2,5,7-8H2,1H3. The van der Waals surface area contributed by atoms with Crippen LogP contribution >= 0.6 is 11.6 Å². The van der Waals surface area contributed by atoms with E-state index in [1.165, 1.54) is 23.1 Å². The molecule has 0 aliphatic carbocycles. The van der Waals surface area contributed by atoms with Gasteiger partial charge in [0, 0.05) is 5.02 Å². The van der Waals surface area contributed by atoms with E-state index in [2.05, 4.69) is 0 Å². The maximum absolute atomic E-state index is 13.5. The van der Waals surface area contributed by atoms with Gasteiger partial charge in [-0.1, -0.05) is 24.9 Å². The lowest BCUT2D eigenvalue weighted by Crippen LogP contribution is -2.63. The Morgan fingerprint density at radius 1 is 1.56 bits per heavy atom. The molecule has 0 saturated carbocycles. The Hall–Kier alpha value is -1.13. The molecule has 2 rings (SSSR count). The Morgan fingerprint density at radius 3 is 2.83 bits per heavy atom. The summed E-state index contributed by atoms with van der Waals surface area (Å²) in [5, 5.41) is 10.3. The topological polar surface area (TPSA) is 40.5 Å². The molecule has 1 aromatic rings. The summed E-state index contributed by atoms with van der Waals surface area (Å²) < 4.78 is 13.5. The second kappa shape index (κ2) is 4.86. The number of carbonyl (C=O) groups is 1. The van der Waals surface area contributed by atoms with Crippen LogP contribution in [-0.4, -0.2) is 34.6 Å². The molecule has 1 aliphatic heterocycles. The first kappa shape index (κ1) is 13.3. The summed E-state index contributed by atoms with van der Waals surface area (Å²) in [6, 6.07) is 3.89. The van der Waals surface area contributed by atoms with Crippen LogP contribution in [0.1, 0.15) is 30.1 Å². The molecule has 1 heterocycles. The summed E-state index contributed by atoms with van der Waals surface area (Å²) in [7, 11) is 0. The monoisotopic (exact) mass is 271 g/mol. The van der Waals surface area contributed by atoms with Crippen molar-refractivity contribution in [3.63, 3.8) is 0 Å². The number of benzene rings is 1. The number of halogens is 2. The van der Waals surface area contributed by atoms with Crippen LogP contribution < -0.4 is 0 Å². The molecule has 0 radical (unpaired) electrons. The zero-order valence-corrected chi connectivity index (χ0v) is 10.9. The minimum atomic E-state index is -0.806. The van der Waals surface area contributed by atoms with Gasteiger partial charge in [0.2, 0.25) is 0 Å². The number of β-amino-alcohol motifs (C(OH)–C–C–N with tert-alkyl or cyclic N) is 1. The Morgan fingerprint density at radius 2 is 2.22 bits per heavy atom. The van der Waals surface area contributed by atoms with Crippen LogP contribution in [0.4, 0.5) is 4.39 Å². The fourth-order valence-electron chi connectivity index (χ4n) is 2.26. The van der Waals surface area contributed by atoms with Gasteiger partial charge in [0.15, 0.2) is 0 Å². The van der Waals surface area contributed by atoms with Crippen molar-refractivity contribution in [1.29, 1.82) is 0 Å². The van der Waals surface area contributed by atoms with Crippen LogP contribution in [0, 0.1) is 5.82 Å². The van der Waals surface area contributed by atoms with Crippen molar-refractivity contribution >= 4 is 17.5 Å². The van der Waals surface area contributed by atoms with Crippen molar-refractivity contribution in [3.05, 3.63) is 34.6 Å². The van der Waals surface area contributed by atoms with E-state index in [9.17, 15) is 14.3 Å². The van der Waals surface area contributed by atoms with E-state index in [1.807, 2.05) is 6.92 Å². The normalized spacial score (nSPS) is 17.4. The summed E-state index contributed by atoms with van der Waals surface area (Å²) in [4.78, 5) is 13.4. The highest BCUT2D eigenvalue weighted by Gasteiger charge is 2.43. The highest BCUT2D eigenvalue weighted by Crippen LogP contribution is 2.28. The third kappa shape index (κ3) is 2.49. The van der Waals surface area contributed by atoms with Crippen LogP contribution in [0.3, 0.4) is 0 Å². The number of amides is 1. The highest BCUT2D eigenvalue weighted by molar-refractivity contribution is 6.31. The number of likely N-dealkylation sites (tertiary alicyclic amines) is 1. The van der Waals surface area contributed by atoms with Crippen LogP contribution in [0.5, 0.6) is 0 Å². The summed E-state index contributed by atoms with van der Waals surface area (Å²) in [6.45, 7) is 2.48. The quantitative estimate of drug-likeness (QED) is 0.917. The first-order valence-corrected chi connectivity index (χ1v) is 6.30. The van der Waals surface area contributed by atoms with E-state index in [0.717, 1.165) is 6.42 Å². The fourth-order valence-corrected chi connectivity index (χ4v) is 2.44. The van der Waals surface area contributed by atoms with E-state index in [4.69, 9.17) is 11.6 Å². The number of carbonyl (C=O) groups excluding carboxylic acids is 1. The number of nitrogens with zero attached hydrogens (tertiary/aromatic N) is 1. The van der Waals surface area contributed by atoms with Gasteiger partial charge < -0.3 is 10.0 Å². The van der Waals surface area contributed by atoms with Gasteiger partial charge in [-0.25, -0.2) is 4.39 Å². The second-order valence-corrected chi connectivity index (χ2v) is 5.20. The summed E-state index contributed by atoms with van der Waals surface area (Å²) in [5.74, 6) is -1.01. The van der Waals surface area contributed by atoms with Crippen LogP contribution in [0.2, 0.25) is 5.02 Å². The van der Waals surface area contributed by atoms with Gasteiger partial charge in [0.1, 0.15) is 5.82 Å². The molecular formula is C13H15ClFNO2. The highest BCUT2D eigenvalue weighted by atomic mass is 35.5. The molecule has 0 aromatic heterocycles. The Balaban J connectivity index is 2.08. The molecule has 3 nitrogen and oxygen atoms in total. The average molecular weight is 272 g/mol. The maximum Gasteiger partial charge on any atom is 0.257 e. The van der Waals surface area contributed by atoms with Crippen molar-refractivity contribution in [3.8, 4) is 0 Å². The van der Waals surface area contributed by atoms with Crippen LogP contribution in [0.15, 0.2) is 18.2 Å². The number of hydrogen-bond donors (Lipinski definition) is 1. The molecule has 5 heteroatoms. The van der Waals surface area contributed by atoms with E-state index in [1.54, 1.807) is 0 Å². The average Bonchev–Trinajstić information content (AvgIpc) is 2.28. The second-order valence-electron chi connectivity index (χ2n) is 4.76. The lowest BCUT2D eigenvalue weighted by Gasteiger charge is -2.46. The smallest absolute Gasteiger partial charge is 0.257 e. The first-order chi connectivity index (χ1) is 8.45. The van der Waals surface area contributed by atoms with Gasteiger partial charge in [0.05, 0.1) is 24.3 Å². The summed E-state index contributed by atoms with van der Waals surface area (Å²) >= 11 is 5.75. The summed E-state index contributed by atoms with van der Waals surface area (Å²) in [6.07, 6.45) is 1.50. The van der Waals surface area contributed by atoms with E-state index in [0.29, 0.717) is 11.4 Å². The molecule has 1 aromatic carbocycles. The SMILES string of the molecule is CCCC1(O)CN(C(=O)c2cc(Cl)ccc2F)C1. The minimum Gasteiger partial charge on any atom is -0.386 e. The molecule has 0 atom stereocenters. The predicted molar refractivity (Wildman–Crippen MR) is 67.2 cm³/mol. The molecule has 1 saturated heterocycles. The van der Waals surface area contributed by atoms with Crippen LogP contribution in [0.25, 0.3) is 0 Å². The number of aliphatic hydroxyl groups is 1. The third-order valence-electron chi connectivity index (χ3n) is 3.13. The van der Waals surface area contributed by atoms with Gasteiger partial charge >= 0.3 is 0 Å². The van der Waals surface area contributed by atoms with Gasteiger partial charge in [-0.3, -0.25) is 4.79 Å². The molecule has 0 bridgehead atoms. The van der Waals surface area contributed by atoms with Crippen molar-refractivity contribution in [2.24, 2.45) is 0 Å². The Bertz CT molecular complexity index is 472. The molecule has 1 N–H and O–H groups in total. The number of rotatable bonds is 3. The number of hydrogen-bond acceptors (Lipinski definition) is 2. The molecule has 98 valence electrons. The zero-order valence-electron chi connectivity index (χ0n) is 10.1. The van der Waals surface area contributed by atoms with Crippen molar-refractivity contribution in [2.75, 3.05) is 13.1 Å². The van der Waals surface area contributed by atoms with Gasteiger partial charge in [-0.15, -0.1) is 0 Å². The Kier molecular flexibility index (Phi) is 3.59. The Labute approximate surface area is 110 Å². The molecule has 0 unspecified atom stereocenters. The van der Waals surface area contributed by atoms with Crippen molar-refractivity contribution in [1.82, 2.24) is 4.90 Å². The predicted octanol–water partition coefficient (Wildman–Crippen LogP) is 2.47. The van der Waals surface area contributed by atoms with Crippen molar-refractivity contribution in [2.45, 2.75) is 25.4 Å². The van der Waals surface area contributed by atoms with Gasteiger partial charge in [0.25, 0.3) is 5.91 Å². The lowest BCUT2D eigenvalue weighted by atomic mass is 9.88. The fraction of sp³-hybridized carbons (Fsp3) is 0.462. The molecule has 1 fully saturated rings. The first-order valence-electron chi connectivity index (χ1n) is 5.92. The maximum atomic E-state index is 13.5.